The topological polar surface area (TPSA) is 69.6 Å². The van der Waals surface area contributed by atoms with Crippen LogP contribution in [0.2, 0.25) is 0 Å². The molecule has 0 aromatic heterocycles. The Morgan fingerprint density at radius 2 is 1.95 bits per heavy atom. The molecule has 0 aliphatic heterocycles. The van der Waals surface area contributed by atoms with Gasteiger partial charge in [-0.1, -0.05) is 0 Å². The molecule has 0 atom stereocenters. The third-order valence-corrected chi connectivity index (χ3v) is 2.81. The lowest BCUT2D eigenvalue weighted by molar-refractivity contribution is -0.148. The largest absolute Gasteiger partial charge is 0.480 e. The van der Waals surface area contributed by atoms with Crippen molar-refractivity contribution in [2.75, 3.05) is 18.4 Å². The van der Waals surface area contributed by atoms with Gasteiger partial charge in [0.1, 0.15) is 18.9 Å². The van der Waals surface area contributed by atoms with Gasteiger partial charge in [-0.05, 0) is 34.1 Å². The number of carbonyl (C=O) groups is 2. The van der Waals surface area contributed by atoms with Crippen molar-refractivity contribution < 1.29 is 32.3 Å². The third-order valence-electron chi connectivity index (χ3n) is 2.16. The van der Waals surface area contributed by atoms with Crippen LogP contribution in [0.1, 0.15) is 0 Å². The van der Waals surface area contributed by atoms with Gasteiger partial charge in [-0.2, -0.15) is 13.2 Å². The fraction of sp³-hybridized carbons (Fsp3) is 0.273. The molecular weight excluding hydrogens is 364 g/mol. The van der Waals surface area contributed by atoms with Crippen LogP contribution in [0.5, 0.6) is 0 Å². The molecule has 2 N–H and O–H groups in total. The molecule has 5 nitrogen and oxygen atoms in total. The lowest BCUT2D eigenvalue weighted by Gasteiger charge is -2.22. The number of carbonyl (C=O) groups excluding carboxylic acids is 1. The number of rotatable bonds is 4. The zero-order valence-electron chi connectivity index (χ0n) is 10.2. The number of carboxylic acids is 1. The summed E-state index contributed by atoms with van der Waals surface area (Å²) in [6, 6.07) is 1.86. The SMILES string of the molecule is O=C(O)CN(CC(F)(F)F)C(=O)Nc1ccc(F)cc1Br. The van der Waals surface area contributed by atoms with Gasteiger partial charge in [-0.25, -0.2) is 9.18 Å². The van der Waals surface area contributed by atoms with E-state index < -0.39 is 37.1 Å². The highest BCUT2D eigenvalue weighted by Gasteiger charge is 2.34. The highest BCUT2D eigenvalue weighted by atomic mass is 79.9. The lowest BCUT2D eigenvalue weighted by atomic mass is 10.3. The quantitative estimate of drug-likeness (QED) is 0.798. The van der Waals surface area contributed by atoms with Gasteiger partial charge in [0.05, 0.1) is 5.69 Å². The van der Waals surface area contributed by atoms with Crippen molar-refractivity contribution in [2.45, 2.75) is 6.18 Å². The molecule has 0 fully saturated rings. The van der Waals surface area contributed by atoms with Crippen molar-refractivity contribution in [3.05, 3.63) is 28.5 Å². The van der Waals surface area contributed by atoms with Gasteiger partial charge >= 0.3 is 18.2 Å². The second kappa shape index (κ2) is 6.74. The van der Waals surface area contributed by atoms with Crippen molar-refractivity contribution in [2.24, 2.45) is 0 Å². The second-order valence-electron chi connectivity index (χ2n) is 3.92. The molecule has 0 unspecified atom stereocenters. The third kappa shape index (κ3) is 5.98. The molecule has 116 valence electrons. The smallest absolute Gasteiger partial charge is 0.406 e. The molecule has 0 radical (unpaired) electrons. The zero-order chi connectivity index (χ0) is 16.2. The predicted molar refractivity (Wildman–Crippen MR) is 68.4 cm³/mol. The molecular formula is C11H9BrF4N2O3. The Hall–Kier alpha value is -1.84. The van der Waals surface area contributed by atoms with Gasteiger partial charge in [-0.15, -0.1) is 0 Å². The maximum atomic E-state index is 12.9. The Morgan fingerprint density at radius 3 is 2.43 bits per heavy atom. The Kier molecular flexibility index (Phi) is 5.53. The number of carboxylic acid groups (broad SMARTS) is 1. The lowest BCUT2D eigenvalue weighted by Crippen LogP contribution is -2.44. The first-order valence-corrected chi connectivity index (χ1v) is 6.17. The Morgan fingerprint density at radius 1 is 1.33 bits per heavy atom. The number of aliphatic carboxylic acids is 1. The summed E-state index contributed by atoms with van der Waals surface area (Å²) in [5, 5.41) is 10.6. The van der Waals surface area contributed by atoms with E-state index in [1.54, 1.807) is 0 Å². The monoisotopic (exact) mass is 372 g/mol. The van der Waals surface area contributed by atoms with E-state index in [-0.39, 0.29) is 15.1 Å². The fourth-order valence-corrected chi connectivity index (χ4v) is 1.81. The van der Waals surface area contributed by atoms with Crippen LogP contribution < -0.4 is 5.32 Å². The molecule has 1 rings (SSSR count). The van der Waals surface area contributed by atoms with Gasteiger partial charge in [0, 0.05) is 4.47 Å². The summed E-state index contributed by atoms with van der Waals surface area (Å²) < 4.78 is 49.9. The van der Waals surface area contributed by atoms with Gasteiger partial charge in [0.25, 0.3) is 0 Å². The van der Waals surface area contributed by atoms with Crippen molar-refractivity contribution in [3.8, 4) is 0 Å². The number of urea groups is 1. The Balaban J connectivity index is 2.87. The van der Waals surface area contributed by atoms with Crippen molar-refractivity contribution in [1.82, 2.24) is 4.90 Å². The molecule has 1 aromatic rings. The molecule has 0 bridgehead atoms. The molecule has 0 spiro atoms. The first-order valence-electron chi connectivity index (χ1n) is 5.38. The average molecular weight is 373 g/mol. The van der Waals surface area contributed by atoms with Crippen LogP contribution in [0, 0.1) is 5.82 Å². The summed E-state index contributed by atoms with van der Waals surface area (Å²) in [5.41, 5.74) is 0.0129. The molecule has 0 saturated heterocycles. The van der Waals surface area contributed by atoms with E-state index in [0.29, 0.717) is 0 Å². The highest BCUT2D eigenvalue weighted by Crippen LogP contribution is 2.24. The number of halogens is 5. The number of benzene rings is 1. The average Bonchev–Trinajstić information content (AvgIpc) is 2.29. The number of amides is 2. The minimum atomic E-state index is -4.74. The number of hydrogen-bond donors (Lipinski definition) is 2. The van der Waals surface area contributed by atoms with Gasteiger partial charge in [-0.3, -0.25) is 4.79 Å². The van der Waals surface area contributed by atoms with Crippen molar-refractivity contribution >= 4 is 33.6 Å². The first kappa shape index (κ1) is 17.2. The summed E-state index contributed by atoms with van der Waals surface area (Å²) in [4.78, 5) is 22.3. The minimum Gasteiger partial charge on any atom is -0.480 e. The van der Waals surface area contributed by atoms with E-state index in [2.05, 4.69) is 21.2 Å². The maximum Gasteiger partial charge on any atom is 0.406 e. The van der Waals surface area contributed by atoms with Crippen LogP contribution in [-0.4, -0.2) is 41.3 Å². The minimum absolute atomic E-state index is 0.0129. The molecule has 2 amide bonds. The second-order valence-corrected chi connectivity index (χ2v) is 4.77. The Labute approximate surface area is 124 Å². The summed E-state index contributed by atoms with van der Waals surface area (Å²) in [6.07, 6.45) is -4.74. The Bertz CT molecular complexity index is 551. The van der Waals surface area contributed by atoms with Crippen LogP contribution in [0.3, 0.4) is 0 Å². The van der Waals surface area contributed by atoms with Gasteiger partial charge < -0.3 is 15.3 Å². The van der Waals surface area contributed by atoms with Crippen molar-refractivity contribution in [1.29, 1.82) is 0 Å². The summed E-state index contributed by atoms with van der Waals surface area (Å²) in [6.45, 7) is -2.84. The molecule has 0 aliphatic rings. The number of alkyl halides is 3. The molecule has 0 heterocycles. The first-order chi connectivity index (χ1) is 9.58. The normalized spacial score (nSPS) is 11.1. The number of nitrogens with zero attached hydrogens (tertiary/aromatic N) is 1. The molecule has 1 aromatic carbocycles. The van der Waals surface area contributed by atoms with E-state index in [0.717, 1.165) is 18.2 Å². The van der Waals surface area contributed by atoms with Crippen LogP contribution >= 0.6 is 15.9 Å². The van der Waals surface area contributed by atoms with Crippen LogP contribution in [-0.2, 0) is 4.79 Å². The summed E-state index contributed by atoms with van der Waals surface area (Å²) >= 11 is 2.93. The van der Waals surface area contributed by atoms with Crippen LogP contribution in [0.15, 0.2) is 22.7 Å². The predicted octanol–water partition coefficient (Wildman–Crippen LogP) is 3.07. The molecule has 0 aliphatic carbocycles. The van der Waals surface area contributed by atoms with E-state index in [1.807, 2.05) is 0 Å². The summed E-state index contributed by atoms with van der Waals surface area (Å²) in [7, 11) is 0. The number of anilines is 1. The molecule has 0 saturated carbocycles. The van der Waals surface area contributed by atoms with Gasteiger partial charge in [0.2, 0.25) is 0 Å². The molecule has 10 heteroatoms. The van der Waals surface area contributed by atoms with Crippen molar-refractivity contribution in [3.63, 3.8) is 0 Å². The molecule has 21 heavy (non-hydrogen) atoms. The van der Waals surface area contributed by atoms with Crippen LogP contribution in [0.25, 0.3) is 0 Å². The fourth-order valence-electron chi connectivity index (χ4n) is 1.36. The van der Waals surface area contributed by atoms with E-state index in [9.17, 15) is 27.2 Å². The van der Waals surface area contributed by atoms with Gasteiger partial charge in [0.15, 0.2) is 0 Å². The number of nitrogens with one attached hydrogen (secondary N) is 1. The number of hydrogen-bond acceptors (Lipinski definition) is 2. The standard InChI is InChI=1S/C11H9BrF4N2O3/c12-7-3-6(13)1-2-8(7)17-10(21)18(4-9(19)20)5-11(14,15)16/h1-3H,4-5H2,(H,17,21)(H,19,20). The zero-order valence-corrected chi connectivity index (χ0v) is 11.8. The maximum absolute atomic E-state index is 12.9. The van der Waals surface area contributed by atoms with E-state index >= 15 is 0 Å². The van der Waals surface area contributed by atoms with E-state index in [4.69, 9.17) is 5.11 Å². The highest BCUT2D eigenvalue weighted by molar-refractivity contribution is 9.10. The van der Waals surface area contributed by atoms with Crippen LogP contribution in [0.4, 0.5) is 28.0 Å². The summed E-state index contributed by atoms with van der Waals surface area (Å²) in [5.74, 6) is -2.20. The van der Waals surface area contributed by atoms with E-state index in [1.165, 1.54) is 0 Å².